The zero-order chi connectivity index (χ0) is 14.1. The summed E-state index contributed by atoms with van der Waals surface area (Å²) in [4.78, 5) is 14.2. The third-order valence-electron chi connectivity index (χ3n) is 2.15. The van der Waals surface area contributed by atoms with Crippen LogP contribution in [0.5, 0.6) is 0 Å². The number of urea groups is 1. The minimum Gasteiger partial charge on any atom is -0.338 e. The van der Waals surface area contributed by atoms with Crippen LogP contribution in [0.4, 0.5) is 10.5 Å². The summed E-state index contributed by atoms with van der Waals surface area (Å²) in [5, 5.41) is 9.61. The lowest BCUT2D eigenvalue weighted by atomic mass is 10.3. The lowest BCUT2D eigenvalue weighted by Gasteiger charge is -2.08. The number of nitrogens with one attached hydrogen (secondary N) is 2. The van der Waals surface area contributed by atoms with Crippen LogP contribution in [0.3, 0.4) is 0 Å². The Labute approximate surface area is 120 Å². The van der Waals surface area contributed by atoms with E-state index in [1.165, 1.54) is 0 Å². The van der Waals surface area contributed by atoms with E-state index in [9.17, 15) is 4.79 Å². The maximum atomic E-state index is 11.5. The van der Waals surface area contributed by atoms with Gasteiger partial charge in [-0.1, -0.05) is 28.3 Å². The number of azide groups is 1. The first-order valence-corrected chi connectivity index (χ1v) is 6.39. The van der Waals surface area contributed by atoms with Crippen molar-refractivity contribution in [2.24, 2.45) is 5.11 Å². The molecule has 1 rings (SSSR count). The molecule has 0 unspecified atom stereocenters. The Morgan fingerprint density at radius 1 is 1.26 bits per heavy atom. The van der Waals surface area contributed by atoms with Crippen molar-refractivity contribution in [2.45, 2.75) is 12.8 Å². The van der Waals surface area contributed by atoms with Crippen LogP contribution >= 0.6 is 23.2 Å². The number of benzene rings is 1. The SMILES string of the molecule is [N-]=[N+]=NCCCCNC(=O)Nc1cc(Cl)cc(Cl)c1. The molecule has 0 spiro atoms. The highest BCUT2D eigenvalue weighted by Crippen LogP contribution is 2.22. The van der Waals surface area contributed by atoms with Crippen molar-refractivity contribution in [3.8, 4) is 0 Å². The van der Waals surface area contributed by atoms with E-state index in [0.29, 0.717) is 28.8 Å². The Morgan fingerprint density at radius 2 is 1.95 bits per heavy atom. The molecule has 1 aromatic carbocycles. The molecule has 0 aliphatic heterocycles. The topological polar surface area (TPSA) is 89.9 Å². The molecule has 0 heterocycles. The zero-order valence-electron chi connectivity index (χ0n) is 10.1. The van der Waals surface area contributed by atoms with E-state index in [4.69, 9.17) is 28.7 Å². The fraction of sp³-hybridized carbons (Fsp3) is 0.364. The number of nitrogens with zero attached hydrogens (tertiary/aromatic N) is 3. The van der Waals surface area contributed by atoms with Gasteiger partial charge in [-0.05, 0) is 36.6 Å². The van der Waals surface area contributed by atoms with E-state index in [1.807, 2.05) is 0 Å². The summed E-state index contributed by atoms with van der Waals surface area (Å²) in [6.45, 7) is 0.935. The third-order valence-corrected chi connectivity index (χ3v) is 2.59. The molecule has 0 aromatic heterocycles. The second-order valence-electron chi connectivity index (χ2n) is 3.70. The second kappa shape index (κ2) is 8.48. The number of carbonyl (C=O) groups excluding carboxylic acids is 1. The largest absolute Gasteiger partial charge is 0.338 e. The lowest BCUT2D eigenvalue weighted by molar-refractivity contribution is 0.252. The molecule has 8 heteroatoms. The Hall–Kier alpha value is -1.62. The van der Waals surface area contributed by atoms with E-state index >= 15 is 0 Å². The van der Waals surface area contributed by atoms with Crippen molar-refractivity contribution in [3.05, 3.63) is 38.7 Å². The molecule has 6 nitrogen and oxygen atoms in total. The van der Waals surface area contributed by atoms with Gasteiger partial charge in [0.05, 0.1) is 0 Å². The highest BCUT2D eigenvalue weighted by Gasteiger charge is 2.03. The average Bonchev–Trinajstić information content (AvgIpc) is 2.32. The maximum absolute atomic E-state index is 11.5. The first-order chi connectivity index (χ1) is 9.11. The molecule has 2 amide bonds. The Morgan fingerprint density at radius 3 is 2.58 bits per heavy atom. The molecular formula is C11H13Cl2N5O. The van der Waals surface area contributed by atoms with Crippen LogP contribution in [-0.2, 0) is 0 Å². The van der Waals surface area contributed by atoms with Crippen LogP contribution < -0.4 is 10.6 Å². The number of amides is 2. The van der Waals surface area contributed by atoms with Crippen molar-refractivity contribution < 1.29 is 4.79 Å². The molecule has 0 aliphatic carbocycles. The fourth-order valence-electron chi connectivity index (χ4n) is 1.36. The van der Waals surface area contributed by atoms with Gasteiger partial charge in [0.25, 0.3) is 0 Å². The van der Waals surface area contributed by atoms with Gasteiger partial charge in [-0.15, -0.1) is 0 Å². The quantitative estimate of drug-likeness (QED) is 0.350. The van der Waals surface area contributed by atoms with Gasteiger partial charge in [-0.3, -0.25) is 0 Å². The Balaban J connectivity index is 2.29. The number of anilines is 1. The van der Waals surface area contributed by atoms with Gasteiger partial charge in [-0.2, -0.15) is 0 Å². The van der Waals surface area contributed by atoms with Gasteiger partial charge in [0, 0.05) is 33.7 Å². The molecule has 0 bridgehead atoms. The first-order valence-electron chi connectivity index (χ1n) is 5.63. The number of carbonyl (C=O) groups is 1. The predicted octanol–water partition coefficient (Wildman–Crippen LogP) is 4.21. The number of hydrogen-bond acceptors (Lipinski definition) is 2. The molecule has 0 aliphatic rings. The molecule has 1 aromatic rings. The summed E-state index contributed by atoms with van der Waals surface area (Å²) in [7, 11) is 0. The molecule has 2 N–H and O–H groups in total. The molecule has 102 valence electrons. The molecule has 0 atom stereocenters. The van der Waals surface area contributed by atoms with Crippen LogP contribution in [0.2, 0.25) is 10.0 Å². The monoisotopic (exact) mass is 301 g/mol. The van der Waals surface area contributed by atoms with Gasteiger partial charge < -0.3 is 10.6 Å². The first kappa shape index (κ1) is 15.4. The van der Waals surface area contributed by atoms with Crippen molar-refractivity contribution >= 4 is 34.9 Å². The van der Waals surface area contributed by atoms with E-state index in [2.05, 4.69) is 20.7 Å². The Bertz CT molecular complexity index is 468. The summed E-state index contributed by atoms with van der Waals surface area (Å²) < 4.78 is 0. The summed E-state index contributed by atoms with van der Waals surface area (Å²) in [6.07, 6.45) is 1.47. The molecular weight excluding hydrogens is 289 g/mol. The summed E-state index contributed by atoms with van der Waals surface area (Å²) >= 11 is 11.6. The highest BCUT2D eigenvalue weighted by molar-refractivity contribution is 6.35. The molecule has 0 radical (unpaired) electrons. The van der Waals surface area contributed by atoms with E-state index in [1.54, 1.807) is 18.2 Å². The smallest absolute Gasteiger partial charge is 0.319 e. The van der Waals surface area contributed by atoms with E-state index in [0.717, 1.165) is 12.8 Å². The van der Waals surface area contributed by atoms with Gasteiger partial charge >= 0.3 is 6.03 Å². The van der Waals surface area contributed by atoms with Crippen LogP contribution in [-0.4, -0.2) is 19.1 Å². The summed E-state index contributed by atoms with van der Waals surface area (Å²) in [5.41, 5.74) is 8.61. The maximum Gasteiger partial charge on any atom is 0.319 e. The van der Waals surface area contributed by atoms with Crippen LogP contribution in [0.1, 0.15) is 12.8 Å². The number of rotatable bonds is 6. The number of unbranched alkanes of at least 4 members (excludes halogenated alkanes) is 1. The predicted molar refractivity (Wildman–Crippen MR) is 76.7 cm³/mol. The fourth-order valence-corrected chi connectivity index (χ4v) is 1.88. The second-order valence-corrected chi connectivity index (χ2v) is 4.57. The van der Waals surface area contributed by atoms with Crippen molar-refractivity contribution in [1.29, 1.82) is 0 Å². The molecule has 19 heavy (non-hydrogen) atoms. The van der Waals surface area contributed by atoms with Crippen LogP contribution in [0, 0.1) is 0 Å². The number of hydrogen-bond donors (Lipinski definition) is 2. The standard InChI is InChI=1S/C11H13Cl2N5O/c12-8-5-9(13)7-10(6-8)17-11(19)15-3-1-2-4-16-18-14/h5-7H,1-4H2,(H2,15,17,19). The van der Waals surface area contributed by atoms with Gasteiger partial charge in [0.2, 0.25) is 0 Å². The Kier molecular flexibility index (Phi) is 6.89. The van der Waals surface area contributed by atoms with Gasteiger partial charge in [0.1, 0.15) is 0 Å². The summed E-state index contributed by atoms with van der Waals surface area (Å²) in [6, 6.07) is 4.47. The lowest BCUT2D eigenvalue weighted by Crippen LogP contribution is -2.29. The van der Waals surface area contributed by atoms with E-state index in [-0.39, 0.29) is 6.03 Å². The minimum absolute atomic E-state index is 0.331. The van der Waals surface area contributed by atoms with Crippen LogP contribution in [0.15, 0.2) is 23.3 Å². The third kappa shape index (κ3) is 6.76. The van der Waals surface area contributed by atoms with Crippen molar-refractivity contribution in [1.82, 2.24) is 5.32 Å². The van der Waals surface area contributed by atoms with Crippen molar-refractivity contribution in [3.63, 3.8) is 0 Å². The van der Waals surface area contributed by atoms with Crippen LogP contribution in [0.25, 0.3) is 10.4 Å². The average molecular weight is 302 g/mol. The van der Waals surface area contributed by atoms with E-state index < -0.39 is 0 Å². The van der Waals surface area contributed by atoms with Gasteiger partial charge in [0.15, 0.2) is 0 Å². The normalized spacial score (nSPS) is 9.58. The summed E-state index contributed by atoms with van der Waals surface area (Å²) in [5.74, 6) is 0. The van der Waals surface area contributed by atoms with Crippen molar-refractivity contribution in [2.75, 3.05) is 18.4 Å². The number of halogens is 2. The minimum atomic E-state index is -0.331. The molecule has 0 saturated heterocycles. The highest BCUT2D eigenvalue weighted by atomic mass is 35.5. The molecule has 0 saturated carbocycles. The zero-order valence-corrected chi connectivity index (χ0v) is 11.6. The molecule has 0 fully saturated rings. The van der Waals surface area contributed by atoms with Gasteiger partial charge in [-0.25, -0.2) is 4.79 Å².